The topological polar surface area (TPSA) is 70.4 Å². The van der Waals surface area contributed by atoms with Gasteiger partial charge in [-0.25, -0.2) is 4.79 Å². The molecule has 2 amide bonds. The van der Waals surface area contributed by atoms with E-state index >= 15 is 0 Å². The van der Waals surface area contributed by atoms with Crippen molar-refractivity contribution in [2.45, 2.75) is 45.7 Å². The van der Waals surface area contributed by atoms with Crippen molar-refractivity contribution in [1.82, 2.24) is 10.2 Å². The molecular weight excluding hydrogens is 443 g/mol. The highest BCUT2D eigenvalue weighted by Crippen LogP contribution is 2.27. The molecule has 4 N–H and O–H groups in total. The number of nitrogens with one attached hydrogen (secondary N) is 2. The Morgan fingerprint density at radius 3 is 2.50 bits per heavy atom. The number of benzene rings is 2. The normalized spacial score (nSPS) is 16.2. The molecule has 0 saturated carbocycles. The zero-order valence-corrected chi connectivity index (χ0v) is 20.4. The van der Waals surface area contributed by atoms with Crippen molar-refractivity contribution in [2.75, 3.05) is 25.0 Å². The molecule has 2 aromatic rings. The van der Waals surface area contributed by atoms with Gasteiger partial charge in [0.25, 0.3) is 0 Å². The van der Waals surface area contributed by atoms with Crippen molar-refractivity contribution < 1.29 is 4.79 Å². The van der Waals surface area contributed by atoms with Gasteiger partial charge in [0.1, 0.15) is 0 Å². The predicted molar refractivity (Wildman–Crippen MR) is 134 cm³/mol. The van der Waals surface area contributed by atoms with E-state index in [1.807, 2.05) is 36.4 Å². The van der Waals surface area contributed by atoms with Crippen LogP contribution in [0.4, 0.5) is 10.5 Å². The molecule has 3 rings (SSSR count). The van der Waals surface area contributed by atoms with Gasteiger partial charge in [0, 0.05) is 24.8 Å². The van der Waals surface area contributed by atoms with E-state index in [-0.39, 0.29) is 12.1 Å². The molecule has 5 nitrogen and oxygen atoms in total. The van der Waals surface area contributed by atoms with E-state index in [2.05, 4.69) is 35.4 Å². The first-order chi connectivity index (χ1) is 15.3. The fraction of sp³-hybridized carbons (Fsp3) is 0.480. The molecule has 1 heterocycles. The quantitative estimate of drug-likeness (QED) is 0.467. The Hall–Kier alpha value is -1.79. The van der Waals surface area contributed by atoms with E-state index in [9.17, 15) is 4.79 Å². The molecule has 7 heteroatoms. The van der Waals surface area contributed by atoms with Gasteiger partial charge in [0.2, 0.25) is 0 Å². The third-order valence-corrected chi connectivity index (χ3v) is 6.95. The van der Waals surface area contributed by atoms with E-state index in [4.69, 9.17) is 28.9 Å². The summed E-state index contributed by atoms with van der Waals surface area (Å²) in [4.78, 5) is 15.0. The zero-order chi connectivity index (χ0) is 23.1. The molecule has 1 aliphatic rings. The Kier molecular flexibility index (Phi) is 9.23. The van der Waals surface area contributed by atoms with E-state index < -0.39 is 0 Å². The van der Waals surface area contributed by atoms with E-state index in [0.717, 1.165) is 50.1 Å². The van der Waals surface area contributed by atoms with Crippen LogP contribution in [-0.2, 0) is 13.0 Å². The molecule has 1 aliphatic heterocycles. The SMILES string of the molecule is CC(C)[C@H](CN1CCC(Cc2ccc(Cl)c(Cl)c2)CC1)NC(=O)Nc1cccc(CN)c1. The van der Waals surface area contributed by atoms with Gasteiger partial charge in [0.05, 0.1) is 10.0 Å². The van der Waals surface area contributed by atoms with Crippen molar-refractivity contribution in [3.63, 3.8) is 0 Å². The maximum absolute atomic E-state index is 12.6. The number of rotatable bonds is 8. The summed E-state index contributed by atoms with van der Waals surface area (Å²) in [5.74, 6) is 0.983. The lowest BCUT2D eigenvalue weighted by molar-refractivity contribution is 0.157. The van der Waals surface area contributed by atoms with E-state index in [1.165, 1.54) is 5.56 Å². The maximum atomic E-state index is 12.6. The molecule has 174 valence electrons. The Balaban J connectivity index is 1.47. The van der Waals surface area contributed by atoms with Gasteiger partial charge >= 0.3 is 6.03 Å². The minimum Gasteiger partial charge on any atom is -0.334 e. The summed E-state index contributed by atoms with van der Waals surface area (Å²) in [6, 6.07) is 13.5. The third kappa shape index (κ3) is 7.38. The van der Waals surface area contributed by atoms with Crippen LogP contribution in [0.25, 0.3) is 0 Å². The number of carbonyl (C=O) groups is 1. The number of carbonyl (C=O) groups excluding carboxylic acids is 1. The number of halogens is 2. The molecule has 0 spiro atoms. The maximum Gasteiger partial charge on any atom is 0.319 e. The van der Waals surface area contributed by atoms with Crippen LogP contribution in [0.5, 0.6) is 0 Å². The number of piperidine rings is 1. The van der Waals surface area contributed by atoms with Gasteiger partial charge in [-0.2, -0.15) is 0 Å². The number of amides is 2. The molecule has 1 fully saturated rings. The summed E-state index contributed by atoms with van der Waals surface area (Å²) in [5, 5.41) is 7.33. The molecule has 0 unspecified atom stereocenters. The summed E-state index contributed by atoms with van der Waals surface area (Å²) >= 11 is 12.2. The Bertz CT molecular complexity index is 897. The van der Waals surface area contributed by atoms with Crippen molar-refractivity contribution >= 4 is 34.9 Å². The molecule has 0 aromatic heterocycles. The Morgan fingerprint density at radius 1 is 1.09 bits per heavy atom. The summed E-state index contributed by atoms with van der Waals surface area (Å²) < 4.78 is 0. The molecule has 1 atom stereocenters. The number of anilines is 1. The number of hydrogen-bond donors (Lipinski definition) is 3. The molecule has 2 aromatic carbocycles. The Labute approximate surface area is 201 Å². The van der Waals surface area contributed by atoms with Crippen LogP contribution in [-0.4, -0.2) is 36.6 Å². The van der Waals surface area contributed by atoms with Crippen LogP contribution in [0.2, 0.25) is 10.0 Å². The van der Waals surface area contributed by atoms with Crippen LogP contribution in [0.3, 0.4) is 0 Å². The van der Waals surface area contributed by atoms with Gasteiger partial charge in [-0.15, -0.1) is 0 Å². The van der Waals surface area contributed by atoms with Crippen LogP contribution in [0.15, 0.2) is 42.5 Å². The lowest BCUT2D eigenvalue weighted by atomic mass is 9.89. The standard InChI is InChI=1S/C25H34Cl2N4O/c1-17(2)24(30-25(32)29-21-5-3-4-20(13-21)15-28)16-31-10-8-18(9-11-31)12-19-6-7-22(26)23(27)14-19/h3-7,13-14,17-18,24H,8-12,15-16,28H2,1-2H3,(H2,29,30,32)/t24-/m0/s1. The summed E-state index contributed by atoms with van der Waals surface area (Å²) in [5.41, 5.74) is 8.69. The average Bonchev–Trinajstić information content (AvgIpc) is 2.77. The van der Waals surface area contributed by atoms with Gasteiger partial charge in [-0.3, -0.25) is 0 Å². The monoisotopic (exact) mass is 476 g/mol. The van der Waals surface area contributed by atoms with E-state index in [0.29, 0.717) is 28.4 Å². The summed E-state index contributed by atoms with van der Waals surface area (Å²) in [6.45, 7) is 7.68. The second-order valence-corrected chi connectivity index (χ2v) is 9.86. The number of nitrogens with zero attached hydrogens (tertiary/aromatic N) is 1. The predicted octanol–water partition coefficient (Wildman–Crippen LogP) is 5.55. The lowest BCUT2D eigenvalue weighted by Crippen LogP contribution is -2.49. The third-order valence-electron chi connectivity index (χ3n) is 6.21. The highest BCUT2D eigenvalue weighted by Gasteiger charge is 2.24. The first-order valence-electron chi connectivity index (χ1n) is 11.4. The largest absolute Gasteiger partial charge is 0.334 e. The first-order valence-corrected chi connectivity index (χ1v) is 12.1. The van der Waals surface area contributed by atoms with Crippen molar-refractivity contribution in [1.29, 1.82) is 0 Å². The highest BCUT2D eigenvalue weighted by molar-refractivity contribution is 6.42. The number of hydrogen-bond acceptors (Lipinski definition) is 3. The minimum atomic E-state index is -0.174. The van der Waals surface area contributed by atoms with Gasteiger partial charge in [-0.05, 0) is 79.6 Å². The van der Waals surface area contributed by atoms with E-state index in [1.54, 1.807) is 0 Å². The van der Waals surface area contributed by atoms with Crippen LogP contribution in [0.1, 0.15) is 37.8 Å². The van der Waals surface area contributed by atoms with Gasteiger partial charge in [0.15, 0.2) is 0 Å². The smallest absolute Gasteiger partial charge is 0.319 e. The lowest BCUT2D eigenvalue weighted by Gasteiger charge is -2.35. The molecule has 0 aliphatic carbocycles. The number of likely N-dealkylation sites (tertiary alicyclic amines) is 1. The minimum absolute atomic E-state index is 0.0827. The summed E-state index contributed by atoms with van der Waals surface area (Å²) in [6.07, 6.45) is 3.31. The van der Waals surface area contributed by atoms with Crippen molar-refractivity contribution in [3.05, 3.63) is 63.6 Å². The summed E-state index contributed by atoms with van der Waals surface area (Å²) in [7, 11) is 0. The second kappa shape index (κ2) is 11.9. The first kappa shape index (κ1) is 24.8. The van der Waals surface area contributed by atoms with Crippen LogP contribution < -0.4 is 16.4 Å². The van der Waals surface area contributed by atoms with Crippen molar-refractivity contribution in [3.8, 4) is 0 Å². The van der Waals surface area contributed by atoms with Crippen molar-refractivity contribution in [2.24, 2.45) is 17.6 Å². The molecule has 0 radical (unpaired) electrons. The molecule has 0 bridgehead atoms. The molecular formula is C25H34Cl2N4O. The fourth-order valence-electron chi connectivity index (χ4n) is 4.19. The average molecular weight is 477 g/mol. The van der Waals surface area contributed by atoms with Gasteiger partial charge < -0.3 is 21.3 Å². The van der Waals surface area contributed by atoms with Crippen LogP contribution in [0, 0.1) is 11.8 Å². The zero-order valence-electron chi connectivity index (χ0n) is 18.9. The molecule has 32 heavy (non-hydrogen) atoms. The highest BCUT2D eigenvalue weighted by atomic mass is 35.5. The fourth-order valence-corrected chi connectivity index (χ4v) is 4.51. The second-order valence-electron chi connectivity index (χ2n) is 9.05. The van der Waals surface area contributed by atoms with Crippen LogP contribution >= 0.6 is 23.2 Å². The molecule has 1 saturated heterocycles. The number of urea groups is 1. The Morgan fingerprint density at radius 2 is 1.84 bits per heavy atom. The van der Waals surface area contributed by atoms with Gasteiger partial charge in [-0.1, -0.05) is 55.2 Å². The number of nitrogens with two attached hydrogens (primary N) is 1.